The van der Waals surface area contributed by atoms with E-state index in [1.54, 1.807) is 48.8 Å². The molecule has 3 aromatic carbocycles. The Labute approximate surface area is 238 Å². The summed E-state index contributed by atoms with van der Waals surface area (Å²) in [5.41, 5.74) is 7.76. The van der Waals surface area contributed by atoms with Crippen molar-refractivity contribution in [1.82, 2.24) is 4.98 Å². The van der Waals surface area contributed by atoms with E-state index in [0.29, 0.717) is 34.2 Å². The molecule has 0 spiro atoms. The van der Waals surface area contributed by atoms with Crippen LogP contribution < -0.4 is 16.0 Å². The molecule has 202 valence electrons. The van der Waals surface area contributed by atoms with Gasteiger partial charge in [0.2, 0.25) is 5.91 Å². The maximum absolute atomic E-state index is 13.3. The molecule has 1 aliphatic rings. The summed E-state index contributed by atoms with van der Waals surface area (Å²) in [5.74, 6) is -0.165. The van der Waals surface area contributed by atoms with Crippen molar-refractivity contribution in [3.63, 3.8) is 0 Å². The lowest BCUT2D eigenvalue weighted by Gasteiger charge is -2.14. The summed E-state index contributed by atoms with van der Waals surface area (Å²) in [7, 11) is 0. The second-order valence-corrected chi connectivity index (χ2v) is 10.0. The van der Waals surface area contributed by atoms with Crippen LogP contribution in [0, 0.1) is 0 Å². The van der Waals surface area contributed by atoms with Crippen LogP contribution in [0.15, 0.2) is 90.2 Å². The van der Waals surface area contributed by atoms with Crippen LogP contribution in [0.2, 0.25) is 5.02 Å². The fourth-order valence-corrected chi connectivity index (χ4v) is 5.01. The number of amides is 3. The molecule has 8 heteroatoms. The molecule has 4 aromatic rings. The van der Waals surface area contributed by atoms with Crippen LogP contribution in [0.5, 0.6) is 0 Å². The second kappa shape index (κ2) is 12.1. The number of aryl methyl sites for hydroxylation is 2. The number of nitrogens with one attached hydrogen (secondary N) is 3. The van der Waals surface area contributed by atoms with E-state index in [0.717, 1.165) is 29.5 Å². The van der Waals surface area contributed by atoms with E-state index >= 15 is 0 Å². The van der Waals surface area contributed by atoms with Gasteiger partial charge >= 0.3 is 6.03 Å². The van der Waals surface area contributed by atoms with Crippen LogP contribution in [-0.2, 0) is 24.1 Å². The molecule has 1 unspecified atom stereocenters. The summed E-state index contributed by atoms with van der Waals surface area (Å²) >= 11 is 6.37. The third kappa shape index (κ3) is 6.21. The molecule has 2 heterocycles. The number of anilines is 3. The molecule has 3 N–H and O–H groups in total. The molecular weight excluding hydrogens is 522 g/mol. The number of aromatic nitrogens is 1. The zero-order valence-electron chi connectivity index (χ0n) is 22.4. The Morgan fingerprint density at radius 1 is 0.925 bits per heavy atom. The quantitative estimate of drug-likeness (QED) is 0.233. The SMILES string of the molecule is CCc1ccc(CC2N=C(c3ccc(NC(=O)Nc4cccnc4)cc3)c3cc(Cl)ccc3NC2=O)cc1CC. The lowest BCUT2D eigenvalue weighted by Crippen LogP contribution is -2.27. The molecule has 40 heavy (non-hydrogen) atoms. The molecule has 0 bridgehead atoms. The lowest BCUT2D eigenvalue weighted by molar-refractivity contribution is -0.117. The van der Waals surface area contributed by atoms with Crippen LogP contribution in [0.25, 0.3) is 0 Å². The van der Waals surface area contributed by atoms with Gasteiger partial charge in [-0.05, 0) is 72.0 Å². The molecule has 1 aliphatic heterocycles. The van der Waals surface area contributed by atoms with Gasteiger partial charge in [-0.15, -0.1) is 0 Å². The monoisotopic (exact) mass is 551 g/mol. The van der Waals surface area contributed by atoms with Crippen molar-refractivity contribution >= 4 is 46.3 Å². The number of carbonyl (C=O) groups excluding carboxylic acids is 2. The smallest absolute Gasteiger partial charge is 0.323 e. The number of aliphatic imine (C=N–C) groups is 1. The number of hydrogen-bond acceptors (Lipinski definition) is 4. The molecule has 0 radical (unpaired) electrons. The Morgan fingerprint density at radius 3 is 2.42 bits per heavy atom. The first-order valence-electron chi connectivity index (χ1n) is 13.3. The normalized spacial score (nSPS) is 14.4. The minimum absolute atomic E-state index is 0.165. The molecule has 1 atom stereocenters. The zero-order valence-corrected chi connectivity index (χ0v) is 23.1. The minimum atomic E-state index is -0.624. The molecule has 5 rings (SSSR count). The van der Waals surface area contributed by atoms with E-state index in [1.807, 2.05) is 18.2 Å². The third-order valence-electron chi connectivity index (χ3n) is 6.88. The number of hydrogen-bond donors (Lipinski definition) is 3. The van der Waals surface area contributed by atoms with E-state index in [1.165, 1.54) is 11.1 Å². The Bertz CT molecular complexity index is 1570. The average Bonchev–Trinajstić information content (AvgIpc) is 3.09. The zero-order chi connectivity index (χ0) is 28.1. The summed E-state index contributed by atoms with van der Waals surface area (Å²) in [6.07, 6.45) is 5.60. The number of nitrogens with zero attached hydrogens (tertiary/aromatic N) is 2. The number of rotatable bonds is 7. The van der Waals surface area contributed by atoms with E-state index < -0.39 is 6.04 Å². The predicted molar refractivity (Wildman–Crippen MR) is 162 cm³/mol. The summed E-state index contributed by atoms with van der Waals surface area (Å²) in [4.78, 5) is 34.7. The fourth-order valence-electron chi connectivity index (χ4n) is 4.83. The van der Waals surface area contributed by atoms with Gasteiger partial charge in [-0.2, -0.15) is 0 Å². The highest BCUT2D eigenvalue weighted by Gasteiger charge is 2.26. The van der Waals surface area contributed by atoms with Crippen LogP contribution in [0.1, 0.15) is 41.7 Å². The first kappa shape index (κ1) is 27.1. The van der Waals surface area contributed by atoms with Crippen molar-refractivity contribution in [3.05, 3.63) is 118 Å². The largest absolute Gasteiger partial charge is 0.324 e. The number of urea groups is 1. The van der Waals surface area contributed by atoms with Gasteiger partial charge in [0.1, 0.15) is 6.04 Å². The minimum Gasteiger partial charge on any atom is -0.324 e. The van der Waals surface area contributed by atoms with Gasteiger partial charge in [0.25, 0.3) is 0 Å². The van der Waals surface area contributed by atoms with Crippen LogP contribution in [-0.4, -0.2) is 28.7 Å². The fraction of sp³-hybridized carbons (Fsp3) is 0.188. The van der Waals surface area contributed by atoms with Gasteiger partial charge in [-0.25, -0.2) is 4.79 Å². The van der Waals surface area contributed by atoms with Crippen molar-refractivity contribution in [1.29, 1.82) is 0 Å². The first-order chi connectivity index (χ1) is 19.4. The van der Waals surface area contributed by atoms with Gasteiger partial charge < -0.3 is 16.0 Å². The Morgan fingerprint density at radius 2 is 1.70 bits per heavy atom. The number of pyridine rings is 1. The maximum atomic E-state index is 13.3. The maximum Gasteiger partial charge on any atom is 0.323 e. The van der Waals surface area contributed by atoms with Crippen molar-refractivity contribution in [2.75, 3.05) is 16.0 Å². The van der Waals surface area contributed by atoms with E-state index in [-0.39, 0.29) is 11.9 Å². The summed E-state index contributed by atoms with van der Waals surface area (Å²) in [6.45, 7) is 4.30. The van der Waals surface area contributed by atoms with Crippen molar-refractivity contribution < 1.29 is 9.59 Å². The van der Waals surface area contributed by atoms with Gasteiger partial charge in [0.05, 0.1) is 23.3 Å². The van der Waals surface area contributed by atoms with Crippen molar-refractivity contribution in [2.24, 2.45) is 4.99 Å². The number of halogens is 1. The van der Waals surface area contributed by atoms with E-state index in [4.69, 9.17) is 16.6 Å². The molecule has 0 saturated heterocycles. The topological polar surface area (TPSA) is 95.5 Å². The van der Waals surface area contributed by atoms with Gasteiger partial charge in [0.15, 0.2) is 0 Å². The summed E-state index contributed by atoms with van der Waals surface area (Å²) < 4.78 is 0. The summed E-state index contributed by atoms with van der Waals surface area (Å²) in [6, 6.07) is 21.7. The van der Waals surface area contributed by atoms with Crippen LogP contribution in [0.3, 0.4) is 0 Å². The van der Waals surface area contributed by atoms with E-state index in [2.05, 4.69) is 53.0 Å². The molecule has 0 fully saturated rings. The van der Waals surface area contributed by atoms with Crippen molar-refractivity contribution in [2.45, 2.75) is 39.2 Å². The highest BCUT2D eigenvalue weighted by molar-refractivity contribution is 6.32. The Hall–Kier alpha value is -4.49. The van der Waals surface area contributed by atoms with Gasteiger partial charge in [-0.3, -0.25) is 14.8 Å². The predicted octanol–water partition coefficient (Wildman–Crippen LogP) is 6.90. The third-order valence-corrected chi connectivity index (χ3v) is 7.11. The molecular formula is C32H30ClN5O2. The molecule has 0 aliphatic carbocycles. The number of fused-ring (bicyclic) bond motifs is 1. The van der Waals surface area contributed by atoms with Gasteiger partial charge in [-0.1, -0.05) is 55.8 Å². The van der Waals surface area contributed by atoms with Crippen molar-refractivity contribution in [3.8, 4) is 0 Å². The number of benzene rings is 3. The lowest BCUT2D eigenvalue weighted by atomic mass is 9.96. The average molecular weight is 552 g/mol. The summed E-state index contributed by atoms with van der Waals surface area (Å²) in [5, 5.41) is 9.17. The Kier molecular flexibility index (Phi) is 8.22. The molecule has 3 amide bonds. The van der Waals surface area contributed by atoms with Crippen LogP contribution in [0.4, 0.5) is 21.9 Å². The number of benzodiazepines with no additional fused rings is 1. The highest BCUT2D eigenvalue weighted by Crippen LogP contribution is 2.29. The first-order valence-corrected chi connectivity index (χ1v) is 13.7. The molecule has 0 saturated carbocycles. The van der Waals surface area contributed by atoms with E-state index in [9.17, 15) is 9.59 Å². The molecule has 1 aromatic heterocycles. The van der Waals surface area contributed by atoms with Crippen LogP contribution >= 0.6 is 11.6 Å². The molecule has 7 nitrogen and oxygen atoms in total. The standard InChI is InChI=1S/C32H30ClN5O2/c1-3-21-8-7-20(16-22(21)4-2)17-29-31(39)38-28-14-11-24(33)18-27(28)30(37-29)23-9-12-25(13-10-23)35-32(40)36-26-6-5-15-34-19-26/h5-16,18-19,29H,3-4,17H2,1-2H3,(H,38,39)(H2,35,36,40). The number of carbonyl (C=O) groups is 2. The Balaban J connectivity index is 1.44. The van der Waals surface area contributed by atoms with Gasteiger partial charge in [0, 0.05) is 34.5 Å². The second-order valence-electron chi connectivity index (χ2n) is 9.59. The highest BCUT2D eigenvalue weighted by atomic mass is 35.5.